The maximum atomic E-state index is 11.8. The Morgan fingerprint density at radius 2 is 1.50 bits per heavy atom. The smallest absolute Gasteiger partial charge is 0.277 e. The molecular weight excluding hydrogens is 360 g/mol. The molecule has 0 radical (unpaired) electrons. The van der Waals surface area contributed by atoms with Crippen LogP contribution in [0.4, 0.5) is 0 Å². The van der Waals surface area contributed by atoms with E-state index < -0.39 is 12.6 Å². The number of nitrogens with zero attached hydrogens (tertiary/aromatic N) is 1. The lowest BCUT2D eigenvalue weighted by Gasteiger charge is -2.19. The number of rotatable bonds is 8. The molecule has 28 heavy (non-hydrogen) atoms. The molecule has 0 saturated heterocycles. The molecule has 0 aliphatic carbocycles. The Kier molecular flexibility index (Phi) is 7.14. The number of carbonyl (C=O) groups excluding carboxylic acids is 2. The summed E-state index contributed by atoms with van der Waals surface area (Å²) in [7, 11) is 0. The highest BCUT2D eigenvalue weighted by molar-refractivity contribution is 5.83. The molecule has 0 aromatic heterocycles. The van der Waals surface area contributed by atoms with E-state index in [0.717, 1.165) is 0 Å². The third kappa shape index (κ3) is 7.11. The molecule has 1 N–H and O–H groups in total. The molecule has 0 aliphatic rings. The molecule has 0 unspecified atom stereocenters. The van der Waals surface area contributed by atoms with Gasteiger partial charge < -0.3 is 19.4 Å². The van der Waals surface area contributed by atoms with E-state index in [1.807, 2.05) is 24.3 Å². The predicted octanol–water partition coefficient (Wildman–Crippen LogP) is 1.64. The largest absolute Gasteiger partial charge is 0.546 e. The molecule has 0 saturated carbocycles. The fourth-order valence-electron chi connectivity index (χ4n) is 2.20. The van der Waals surface area contributed by atoms with Gasteiger partial charge in [-0.2, -0.15) is 5.10 Å². The Hall–Kier alpha value is -3.35. The molecule has 7 nitrogen and oxygen atoms in total. The monoisotopic (exact) mass is 383 g/mol. The highest BCUT2D eigenvalue weighted by Crippen LogP contribution is 2.24. The highest BCUT2D eigenvalue weighted by Gasteiger charge is 2.13. The first kappa shape index (κ1) is 21.0. The zero-order chi connectivity index (χ0) is 20.6. The molecule has 148 valence electrons. The normalized spacial score (nSPS) is 11.2. The van der Waals surface area contributed by atoms with Gasteiger partial charge in [0.1, 0.15) is 18.1 Å². The van der Waals surface area contributed by atoms with E-state index >= 15 is 0 Å². The van der Waals surface area contributed by atoms with Crippen molar-refractivity contribution in [3.63, 3.8) is 0 Å². The Labute approximate surface area is 164 Å². The summed E-state index contributed by atoms with van der Waals surface area (Å²) in [5.41, 5.74) is 4.33. The van der Waals surface area contributed by atoms with Gasteiger partial charge in [0.05, 0.1) is 12.2 Å². The Balaban J connectivity index is 1.76. The minimum Gasteiger partial charge on any atom is -0.546 e. The van der Waals surface area contributed by atoms with Gasteiger partial charge in [-0.25, -0.2) is 5.43 Å². The molecule has 2 aromatic carbocycles. The predicted molar refractivity (Wildman–Crippen MR) is 103 cm³/mol. The van der Waals surface area contributed by atoms with Crippen LogP contribution in [0.2, 0.25) is 0 Å². The maximum Gasteiger partial charge on any atom is 0.277 e. The van der Waals surface area contributed by atoms with Gasteiger partial charge in [-0.3, -0.25) is 4.79 Å². The van der Waals surface area contributed by atoms with Crippen LogP contribution < -0.4 is 20.0 Å². The lowest BCUT2D eigenvalue weighted by molar-refractivity contribution is -0.307. The quantitative estimate of drug-likeness (QED) is 0.552. The summed E-state index contributed by atoms with van der Waals surface area (Å²) in [6.45, 7) is 5.72. The summed E-state index contributed by atoms with van der Waals surface area (Å²) in [5, 5.41) is 14.2. The summed E-state index contributed by atoms with van der Waals surface area (Å²) in [5.74, 6) is -0.665. The van der Waals surface area contributed by atoms with Crippen LogP contribution in [-0.4, -0.2) is 31.3 Å². The number of carbonyl (C=O) groups is 2. The van der Waals surface area contributed by atoms with E-state index in [0.29, 0.717) is 17.1 Å². The molecular formula is C21H23N2O5-. The van der Waals surface area contributed by atoms with Gasteiger partial charge in [-0.1, -0.05) is 32.9 Å². The standard InChI is InChI=1S/C21H24N2O5/c1-21(2,3)16-6-10-18(11-7-16)27-13-19(24)23-22-12-15-4-8-17(9-5-15)28-14-20(25)26/h4-12H,13-14H2,1-3H3,(H,23,24)(H,25,26)/p-1/b22-12-. The van der Waals surface area contributed by atoms with Crippen molar-refractivity contribution >= 4 is 18.1 Å². The summed E-state index contributed by atoms with van der Waals surface area (Å²) in [6.07, 6.45) is 1.46. The number of carboxylic acids is 1. The van der Waals surface area contributed by atoms with Gasteiger partial charge in [0.25, 0.3) is 5.91 Å². The SMILES string of the molecule is CC(C)(C)c1ccc(OCC(=O)N/N=C\c2ccc(OCC(=O)[O-])cc2)cc1. The first-order valence-electron chi connectivity index (χ1n) is 8.72. The Morgan fingerprint density at radius 1 is 0.964 bits per heavy atom. The fourth-order valence-corrected chi connectivity index (χ4v) is 2.20. The minimum atomic E-state index is -1.29. The number of nitrogens with one attached hydrogen (secondary N) is 1. The number of hydrogen-bond acceptors (Lipinski definition) is 6. The second kappa shape index (κ2) is 9.55. The van der Waals surface area contributed by atoms with E-state index in [9.17, 15) is 14.7 Å². The average molecular weight is 383 g/mol. The van der Waals surface area contributed by atoms with Crippen molar-refractivity contribution in [2.75, 3.05) is 13.2 Å². The number of benzene rings is 2. The molecule has 2 rings (SSSR count). The van der Waals surface area contributed by atoms with Crippen LogP contribution in [0.15, 0.2) is 53.6 Å². The number of hydrazone groups is 1. The summed E-state index contributed by atoms with van der Waals surface area (Å²) in [6, 6.07) is 14.2. The fraction of sp³-hybridized carbons (Fsp3) is 0.286. The van der Waals surface area contributed by atoms with Crippen molar-refractivity contribution in [1.82, 2.24) is 5.43 Å². The average Bonchev–Trinajstić information content (AvgIpc) is 2.65. The molecule has 0 spiro atoms. The summed E-state index contributed by atoms with van der Waals surface area (Å²) >= 11 is 0. The zero-order valence-electron chi connectivity index (χ0n) is 16.1. The van der Waals surface area contributed by atoms with Gasteiger partial charge in [0.2, 0.25) is 0 Å². The molecule has 0 heterocycles. The lowest BCUT2D eigenvalue weighted by Crippen LogP contribution is -2.28. The van der Waals surface area contributed by atoms with E-state index in [2.05, 4.69) is 31.3 Å². The molecule has 0 aliphatic heterocycles. The van der Waals surface area contributed by atoms with Crippen LogP contribution in [0.3, 0.4) is 0 Å². The van der Waals surface area contributed by atoms with Crippen molar-refractivity contribution in [3.05, 3.63) is 59.7 Å². The first-order valence-corrected chi connectivity index (χ1v) is 8.72. The third-order valence-electron chi connectivity index (χ3n) is 3.73. The Morgan fingerprint density at radius 3 is 2.04 bits per heavy atom. The number of ether oxygens (including phenoxy) is 2. The highest BCUT2D eigenvalue weighted by atomic mass is 16.5. The molecule has 2 aromatic rings. The third-order valence-corrected chi connectivity index (χ3v) is 3.73. The second-order valence-electron chi connectivity index (χ2n) is 7.09. The van der Waals surface area contributed by atoms with Crippen molar-refractivity contribution in [2.45, 2.75) is 26.2 Å². The lowest BCUT2D eigenvalue weighted by atomic mass is 9.87. The van der Waals surface area contributed by atoms with Crippen LogP contribution in [0, 0.1) is 0 Å². The van der Waals surface area contributed by atoms with Crippen molar-refractivity contribution in [1.29, 1.82) is 0 Å². The molecule has 1 amide bonds. The zero-order valence-corrected chi connectivity index (χ0v) is 16.1. The number of hydrogen-bond donors (Lipinski definition) is 1. The molecule has 0 fully saturated rings. The first-order chi connectivity index (χ1) is 13.2. The summed E-state index contributed by atoms with van der Waals surface area (Å²) in [4.78, 5) is 22.1. The Bertz CT molecular complexity index is 821. The molecule has 0 atom stereocenters. The summed E-state index contributed by atoms with van der Waals surface area (Å²) < 4.78 is 10.4. The number of carboxylic acid groups (broad SMARTS) is 1. The topological polar surface area (TPSA) is 100 Å². The van der Waals surface area contributed by atoms with E-state index in [1.54, 1.807) is 24.3 Å². The van der Waals surface area contributed by atoms with Crippen LogP contribution in [0.1, 0.15) is 31.9 Å². The van der Waals surface area contributed by atoms with E-state index in [4.69, 9.17) is 9.47 Å². The van der Waals surface area contributed by atoms with Gasteiger partial charge in [-0.05, 0) is 52.9 Å². The molecule has 0 bridgehead atoms. The van der Waals surface area contributed by atoms with Gasteiger partial charge >= 0.3 is 0 Å². The van der Waals surface area contributed by atoms with Crippen molar-refractivity contribution < 1.29 is 24.2 Å². The van der Waals surface area contributed by atoms with Crippen LogP contribution >= 0.6 is 0 Å². The molecule has 7 heteroatoms. The number of amides is 1. The van der Waals surface area contributed by atoms with Crippen LogP contribution in [0.5, 0.6) is 11.5 Å². The van der Waals surface area contributed by atoms with E-state index in [1.165, 1.54) is 11.8 Å². The van der Waals surface area contributed by atoms with Crippen molar-refractivity contribution in [3.8, 4) is 11.5 Å². The van der Waals surface area contributed by atoms with Crippen LogP contribution in [0.25, 0.3) is 0 Å². The van der Waals surface area contributed by atoms with Crippen molar-refractivity contribution in [2.24, 2.45) is 5.10 Å². The van der Waals surface area contributed by atoms with E-state index in [-0.39, 0.29) is 17.9 Å². The van der Waals surface area contributed by atoms with Crippen LogP contribution in [-0.2, 0) is 15.0 Å². The maximum absolute atomic E-state index is 11.8. The second-order valence-corrected chi connectivity index (χ2v) is 7.09. The van der Waals surface area contributed by atoms with Gasteiger partial charge in [-0.15, -0.1) is 0 Å². The van der Waals surface area contributed by atoms with Gasteiger partial charge in [0, 0.05) is 0 Å². The van der Waals surface area contributed by atoms with Gasteiger partial charge in [0.15, 0.2) is 6.61 Å². The number of aliphatic carboxylic acids is 1. The minimum absolute atomic E-state index is 0.0579.